The van der Waals surface area contributed by atoms with Crippen LogP contribution in [0.2, 0.25) is 0 Å². The van der Waals surface area contributed by atoms with Gasteiger partial charge in [0, 0.05) is 25.2 Å². The molecule has 1 aromatic heterocycles. The predicted molar refractivity (Wildman–Crippen MR) is 79.6 cm³/mol. The molecule has 0 spiro atoms. The Morgan fingerprint density at radius 1 is 1.25 bits per heavy atom. The summed E-state index contributed by atoms with van der Waals surface area (Å²) >= 11 is 0. The highest BCUT2D eigenvalue weighted by Crippen LogP contribution is 2.08. The van der Waals surface area contributed by atoms with E-state index in [1.807, 2.05) is 41.2 Å². The molecule has 0 amide bonds. The van der Waals surface area contributed by atoms with Gasteiger partial charge in [-0.3, -0.25) is 0 Å². The zero-order valence-electron chi connectivity index (χ0n) is 11.5. The van der Waals surface area contributed by atoms with E-state index in [9.17, 15) is 8.42 Å². The summed E-state index contributed by atoms with van der Waals surface area (Å²) < 4.78 is 23.8. The third-order valence-electron chi connectivity index (χ3n) is 2.90. The van der Waals surface area contributed by atoms with Crippen molar-refractivity contribution in [1.82, 2.24) is 15.1 Å². The molecule has 20 heavy (non-hydrogen) atoms. The molecule has 0 bridgehead atoms. The highest BCUT2D eigenvalue weighted by molar-refractivity contribution is 7.90. The van der Waals surface area contributed by atoms with E-state index in [4.69, 9.17) is 0 Å². The zero-order chi connectivity index (χ0) is 14.4. The lowest BCUT2D eigenvalue weighted by Crippen LogP contribution is -2.17. The van der Waals surface area contributed by atoms with Crippen LogP contribution in [0.25, 0.3) is 5.69 Å². The molecule has 2 aromatic rings. The minimum absolute atomic E-state index is 0.234. The maximum absolute atomic E-state index is 11.0. The number of nitrogens with one attached hydrogen (secondary N) is 1. The molecule has 1 aromatic carbocycles. The van der Waals surface area contributed by atoms with E-state index in [0.717, 1.165) is 12.2 Å². The molecule has 108 valence electrons. The Balaban J connectivity index is 1.77. The molecule has 0 saturated carbocycles. The minimum atomic E-state index is -2.85. The topological polar surface area (TPSA) is 64.0 Å². The van der Waals surface area contributed by atoms with Gasteiger partial charge in [0.25, 0.3) is 0 Å². The molecule has 1 heterocycles. The summed E-state index contributed by atoms with van der Waals surface area (Å²) in [5.41, 5.74) is 2.19. The first-order chi connectivity index (χ1) is 9.54. The standard InChI is InChI=1S/C14H19N3O2S/c1-20(18,19)11-3-8-15-12-13-4-6-14(7-5-13)17-10-2-9-16-17/h2,4-7,9-10,15H,3,8,11-12H2,1H3. The van der Waals surface area contributed by atoms with Crippen molar-refractivity contribution in [2.45, 2.75) is 13.0 Å². The van der Waals surface area contributed by atoms with E-state index in [0.29, 0.717) is 13.0 Å². The average Bonchev–Trinajstić information content (AvgIpc) is 2.92. The third kappa shape index (κ3) is 4.79. The summed E-state index contributed by atoms with van der Waals surface area (Å²) in [7, 11) is -2.85. The smallest absolute Gasteiger partial charge is 0.147 e. The van der Waals surface area contributed by atoms with Gasteiger partial charge >= 0.3 is 0 Å². The van der Waals surface area contributed by atoms with Gasteiger partial charge in [-0.1, -0.05) is 12.1 Å². The summed E-state index contributed by atoms with van der Waals surface area (Å²) in [6.45, 7) is 1.44. The third-order valence-corrected chi connectivity index (χ3v) is 3.93. The van der Waals surface area contributed by atoms with Gasteiger partial charge in [-0.15, -0.1) is 0 Å². The lowest BCUT2D eigenvalue weighted by Gasteiger charge is -2.06. The normalized spacial score (nSPS) is 11.7. The van der Waals surface area contributed by atoms with Crippen LogP contribution < -0.4 is 5.32 Å². The van der Waals surface area contributed by atoms with E-state index < -0.39 is 9.84 Å². The molecule has 0 aliphatic carbocycles. The molecule has 2 rings (SSSR count). The van der Waals surface area contributed by atoms with Gasteiger partial charge in [-0.25, -0.2) is 13.1 Å². The molecule has 0 unspecified atom stereocenters. The van der Waals surface area contributed by atoms with Crippen molar-refractivity contribution in [3.63, 3.8) is 0 Å². The lowest BCUT2D eigenvalue weighted by atomic mass is 10.2. The molecule has 0 saturated heterocycles. The first-order valence-corrected chi connectivity index (χ1v) is 8.58. The molecular formula is C14H19N3O2S. The summed E-state index contributed by atoms with van der Waals surface area (Å²) in [6.07, 6.45) is 5.56. The van der Waals surface area contributed by atoms with Crippen molar-refractivity contribution in [2.24, 2.45) is 0 Å². The number of sulfone groups is 1. The van der Waals surface area contributed by atoms with E-state index in [1.165, 1.54) is 11.8 Å². The van der Waals surface area contributed by atoms with Crippen LogP contribution in [-0.2, 0) is 16.4 Å². The number of hydrogen-bond donors (Lipinski definition) is 1. The van der Waals surface area contributed by atoms with Crippen molar-refractivity contribution >= 4 is 9.84 Å². The van der Waals surface area contributed by atoms with Gasteiger partial charge in [0.05, 0.1) is 11.4 Å². The lowest BCUT2D eigenvalue weighted by molar-refractivity contribution is 0.594. The number of aromatic nitrogens is 2. The van der Waals surface area contributed by atoms with E-state index in [-0.39, 0.29) is 5.75 Å². The second-order valence-corrected chi connectivity index (χ2v) is 7.04. The van der Waals surface area contributed by atoms with Crippen molar-refractivity contribution in [3.05, 3.63) is 48.3 Å². The molecule has 0 aliphatic heterocycles. The molecule has 1 N–H and O–H groups in total. The van der Waals surface area contributed by atoms with Crippen LogP contribution in [0.4, 0.5) is 0 Å². The Morgan fingerprint density at radius 2 is 2.00 bits per heavy atom. The number of rotatable bonds is 7. The zero-order valence-corrected chi connectivity index (χ0v) is 12.3. The summed E-state index contributed by atoms with van der Waals surface area (Å²) in [6, 6.07) is 10.00. The summed E-state index contributed by atoms with van der Waals surface area (Å²) in [4.78, 5) is 0. The number of benzene rings is 1. The van der Waals surface area contributed by atoms with Crippen molar-refractivity contribution in [3.8, 4) is 5.69 Å². The van der Waals surface area contributed by atoms with E-state index >= 15 is 0 Å². The van der Waals surface area contributed by atoms with Gasteiger partial charge in [-0.2, -0.15) is 5.10 Å². The quantitative estimate of drug-likeness (QED) is 0.784. The second-order valence-electron chi connectivity index (χ2n) is 4.78. The van der Waals surface area contributed by atoms with Gasteiger partial charge < -0.3 is 5.32 Å². The van der Waals surface area contributed by atoms with Crippen molar-refractivity contribution in [2.75, 3.05) is 18.6 Å². The fourth-order valence-electron chi connectivity index (χ4n) is 1.88. The Hall–Kier alpha value is -1.66. The number of nitrogens with zero attached hydrogens (tertiary/aromatic N) is 2. The van der Waals surface area contributed by atoms with Crippen LogP contribution in [0.1, 0.15) is 12.0 Å². The largest absolute Gasteiger partial charge is 0.313 e. The van der Waals surface area contributed by atoms with Crippen molar-refractivity contribution < 1.29 is 8.42 Å². The van der Waals surface area contributed by atoms with Crippen LogP contribution >= 0.6 is 0 Å². The first-order valence-electron chi connectivity index (χ1n) is 6.52. The minimum Gasteiger partial charge on any atom is -0.313 e. The molecular weight excluding hydrogens is 274 g/mol. The molecule has 0 fully saturated rings. The van der Waals surface area contributed by atoms with Gasteiger partial charge in [0.2, 0.25) is 0 Å². The highest BCUT2D eigenvalue weighted by atomic mass is 32.2. The molecule has 0 aliphatic rings. The Labute approximate surface area is 119 Å². The van der Waals surface area contributed by atoms with Crippen molar-refractivity contribution in [1.29, 1.82) is 0 Å². The van der Waals surface area contributed by atoms with Crippen LogP contribution in [-0.4, -0.2) is 36.8 Å². The predicted octanol–water partition coefficient (Wildman–Crippen LogP) is 1.40. The van der Waals surface area contributed by atoms with E-state index in [1.54, 1.807) is 6.20 Å². The van der Waals surface area contributed by atoms with Crippen LogP contribution in [0.5, 0.6) is 0 Å². The molecule has 0 radical (unpaired) electrons. The fourth-order valence-corrected chi connectivity index (χ4v) is 2.55. The molecule has 5 nitrogen and oxygen atoms in total. The fraction of sp³-hybridized carbons (Fsp3) is 0.357. The first kappa shape index (κ1) is 14.7. The van der Waals surface area contributed by atoms with E-state index in [2.05, 4.69) is 10.4 Å². The van der Waals surface area contributed by atoms with Gasteiger partial charge in [0.15, 0.2) is 0 Å². The van der Waals surface area contributed by atoms with Crippen LogP contribution in [0.15, 0.2) is 42.7 Å². The Morgan fingerprint density at radius 3 is 2.60 bits per heavy atom. The monoisotopic (exact) mass is 293 g/mol. The van der Waals surface area contributed by atoms with Crippen LogP contribution in [0, 0.1) is 0 Å². The SMILES string of the molecule is CS(=O)(=O)CCCNCc1ccc(-n2cccn2)cc1. The van der Waals surface area contributed by atoms with Gasteiger partial charge in [0.1, 0.15) is 9.84 Å². The number of hydrogen-bond acceptors (Lipinski definition) is 4. The Bertz CT molecular complexity index is 619. The Kier molecular flexibility index (Phi) is 4.92. The molecule has 0 atom stereocenters. The summed E-state index contributed by atoms with van der Waals surface area (Å²) in [5.74, 6) is 0.234. The van der Waals surface area contributed by atoms with Gasteiger partial charge in [-0.05, 0) is 36.7 Å². The second kappa shape index (κ2) is 6.67. The maximum atomic E-state index is 11.0. The van der Waals surface area contributed by atoms with Crippen LogP contribution in [0.3, 0.4) is 0 Å². The highest BCUT2D eigenvalue weighted by Gasteiger charge is 2.01. The average molecular weight is 293 g/mol. The summed E-state index contributed by atoms with van der Waals surface area (Å²) in [5, 5.41) is 7.41. The molecule has 6 heteroatoms. The maximum Gasteiger partial charge on any atom is 0.147 e.